The summed E-state index contributed by atoms with van der Waals surface area (Å²) >= 11 is 0. The van der Waals surface area contributed by atoms with Crippen molar-refractivity contribution in [3.05, 3.63) is 0 Å². The minimum atomic E-state index is 0.229. The molecule has 0 aromatic heterocycles. The number of ether oxygens (including phenoxy) is 1. The molecule has 4 nitrogen and oxygen atoms in total. The summed E-state index contributed by atoms with van der Waals surface area (Å²) in [5.74, 6) is 0. The summed E-state index contributed by atoms with van der Waals surface area (Å²) in [5, 5.41) is 3.64. The molecule has 94 valence electrons. The third kappa shape index (κ3) is 3.42. The van der Waals surface area contributed by atoms with Crippen molar-refractivity contribution in [3.8, 4) is 0 Å². The van der Waals surface area contributed by atoms with Crippen LogP contribution in [0.5, 0.6) is 0 Å². The van der Waals surface area contributed by atoms with E-state index in [0.717, 1.165) is 26.2 Å². The molecule has 2 saturated heterocycles. The molecule has 2 fully saturated rings. The van der Waals surface area contributed by atoms with E-state index in [1.165, 1.54) is 32.7 Å². The third-order valence-corrected chi connectivity index (χ3v) is 3.79. The van der Waals surface area contributed by atoms with E-state index in [2.05, 4.69) is 29.1 Å². The number of hydrogen-bond acceptors (Lipinski definition) is 4. The van der Waals surface area contributed by atoms with Crippen molar-refractivity contribution in [2.24, 2.45) is 0 Å². The summed E-state index contributed by atoms with van der Waals surface area (Å²) in [5.41, 5.74) is 0.229. The predicted octanol–water partition coefficient (Wildman–Crippen LogP) is 0.00240. The SMILES string of the molecule is CN1CCN(CCNC2(C)CCOC2)CC1. The molecular weight excluding hydrogens is 202 g/mol. The molecule has 1 unspecified atom stereocenters. The van der Waals surface area contributed by atoms with Crippen LogP contribution < -0.4 is 5.32 Å². The van der Waals surface area contributed by atoms with Gasteiger partial charge in [-0.3, -0.25) is 4.90 Å². The Bertz CT molecular complexity index is 208. The molecule has 1 N–H and O–H groups in total. The third-order valence-electron chi connectivity index (χ3n) is 3.79. The number of nitrogens with zero attached hydrogens (tertiary/aromatic N) is 2. The van der Waals surface area contributed by atoms with Crippen molar-refractivity contribution >= 4 is 0 Å². The van der Waals surface area contributed by atoms with Crippen LogP contribution in [-0.4, -0.2) is 74.9 Å². The second kappa shape index (κ2) is 5.45. The van der Waals surface area contributed by atoms with Gasteiger partial charge in [0.1, 0.15) is 0 Å². The fraction of sp³-hybridized carbons (Fsp3) is 1.00. The van der Waals surface area contributed by atoms with Gasteiger partial charge in [0.15, 0.2) is 0 Å². The average molecular weight is 227 g/mol. The molecule has 2 rings (SSSR count). The maximum absolute atomic E-state index is 5.43. The first-order valence-electron chi connectivity index (χ1n) is 6.42. The van der Waals surface area contributed by atoms with Crippen molar-refractivity contribution in [2.75, 3.05) is 59.5 Å². The normalized spacial score (nSPS) is 33.4. The molecule has 0 aromatic rings. The highest BCUT2D eigenvalue weighted by molar-refractivity contribution is 4.87. The Morgan fingerprint density at radius 3 is 2.62 bits per heavy atom. The van der Waals surface area contributed by atoms with Crippen molar-refractivity contribution in [3.63, 3.8) is 0 Å². The van der Waals surface area contributed by atoms with Gasteiger partial charge in [-0.25, -0.2) is 0 Å². The molecule has 0 aromatic carbocycles. The fourth-order valence-electron chi connectivity index (χ4n) is 2.39. The lowest BCUT2D eigenvalue weighted by molar-refractivity contribution is 0.145. The zero-order chi connectivity index (χ0) is 11.4. The topological polar surface area (TPSA) is 27.7 Å². The van der Waals surface area contributed by atoms with Gasteiger partial charge in [0.2, 0.25) is 0 Å². The summed E-state index contributed by atoms with van der Waals surface area (Å²) in [7, 11) is 2.20. The van der Waals surface area contributed by atoms with Crippen LogP contribution in [0.3, 0.4) is 0 Å². The summed E-state index contributed by atoms with van der Waals surface area (Å²) < 4.78 is 5.43. The van der Waals surface area contributed by atoms with Gasteiger partial charge in [0.25, 0.3) is 0 Å². The van der Waals surface area contributed by atoms with Gasteiger partial charge in [0, 0.05) is 51.4 Å². The first kappa shape index (κ1) is 12.3. The molecule has 0 saturated carbocycles. The van der Waals surface area contributed by atoms with Crippen LogP contribution in [-0.2, 0) is 4.74 Å². The van der Waals surface area contributed by atoms with Crippen LogP contribution in [0.15, 0.2) is 0 Å². The molecule has 2 aliphatic heterocycles. The highest BCUT2D eigenvalue weighted by atomic mass is 16.5. The van der Waals surface area contributed by atoms with E-state index in [0.29, 0.717) is 0 Å². The number of likely N-dealkylation sites (N-methyl/N-ethyl adjacent to an activating group) is 1. The lowest BCUT2D eigenvalue weighted by atomic mass is 10.0. The van der Waals surface area contributed by atoms with Gasteiger partial charge >= 0.3 is 0 Å². The maximum Gasteiger partial charge on any atom is 0.0646 e. The molecule has 0 spiro atoms. The Morgan fingerprint density at radius 2 is 2.00 bits per heavy atom. The second-order valence-electron chi connectivity index (χ2n) is 5.43. The first-order valence-corrected chi connectivity index (χ1v) is 6.42. The van der Waals surface area contributed by atoms with Crippen molar-refractivity contribution in [1.82, 2.24) is 15.1 Å². The van der Waals surface area contributed by atoms with E-state index in [4.69, 9.17) is 4.74 Å². The predicted molar refractivity (Wildman–Crippen MR) is 65.8 cm³/mol. The van der Waals surface area contributed by atoms with Crippen molar-refractivity contribution in [1.29, 1.82) is 0 Å². The van der Waals surface area contributed by atoms with Crippen LogP contribution in [0.25, 0.3) is 0 Å². The number of hydrogen-bond donors (Lipinski definition) is 1. The van der Waals surface area contributed by atoms with Gasteiger partial charge in [-0.15, -0.1) is 0 Å². The van der Waals surface area contributed by atoms with E-state index >= 15 is 0 Å². The quantitative estimate of drug-likeness (QED) is 0.732. The smallest absolute Gasteiger partial charge is 0.0646 e. The Hall–Kier alpha value is -0.160. The lowest BCUT2D eigenvalue weighted by Crippen LogP contribution is -2.50. The molecule has 2 heterocycles. The standard InChI is InChI=1S/C12H25N3O/c1-12(3-10-16-11-12)13-4-5-15-8-6-14(2)7-9-15/h13H,3-11H2,1-2H3. The molecule has 4 heteroatoms. The van der Waals surface area contributed by atoms with Crippen LogP contribution in [0.4, 0.5) is 0 Å². The average Bonchev–Trinajstić information content (AvgIpc) is 2.69. The van der Waals surface area contributed by atoms with E-state index < -0.39 is 0 Å². The number of piperazine rings is 1. The number of rotatable bonds is 4. The molecule has 0 radical (unpaired) electrons. The van der Waals surface area contributed by atoms with Gasteiger partial charge in [-0.05, 0) is 20.4 Å². The van der Waals surface area contributed by atoms with E-state index in [9.17, 15) is 0 Å². The highest BCUT2D eigenvalue weighted by Gasteiger charge is 2.28. The summed E-state index contributed by atoms with van der Waals surface area (Å²) in [6.45, 7) is 11.2. The lowest BCUT2D eigenvalue weighted by Gasteiger charge is -2.33. The van der Waals surface area contributed by atoms with E-state index in [1.807, 2.05) is 0 Å². The summed E-state index contributed by atoms with van der Waals surface area (Å²) in [4.78, 5) is 4.95. The Morgan fingerprint density at radius 1 is 1.25 bits per heavy atom. The van der Waals surface area contributed by atoms with Crippen LogP contribution >= 0.6 is 0 Å². The van der Waals surface area contributed by atoms with Crippen LogP contribution in [0.2, 0.25) is 0 Å². The first-order chi connectivity index (χ1) is 7.68. The Kier molecular flexibility index (Phi) is 4.19. The van der Waals surface area contributed by atoms with Crippen LogP contribution in [0, 0.1) is 0 Å². The zero-order valence-electron chi connectivity index (χ0n) is 10.7. The van der Waals surface area contributed by atoms with Crippen molar-refractivity contribution < 1.29 is 4.74 Å². The van der Waals surface area contributed by atoms with Gasteiger partial charge in [0.05, 0.1) is 6.61 Å². The van der Waals surface area contributed by atoms with E-state index in [1.54, 1.807) is 0 Å². The molecule has 16 heavy (non-hydrogen) atoms. The fourth-order valence-corrected chi connectivity index (χ4v) is 2.39. The summed E-state index contributed by atoms with van der Waals surface area (Å²) in [6.07, 6.45) is 1.15. The molecule has 1 atom stereocenters. The molecule has 2 aliphatic rings. The molecular formula is C12H25N3O. The number of nitrogens with one attached hydrogen (secondary N) is 1. The molecule has 0 aliphatic carbocycles. The minimum absolute atomic E-state index is 0.229. The zero-order valence-corrected chi connectivity index (χ0v) is 10.7. The Balaban J connectivity index is 1.61. The monoisotopic (exact) mass is 227 g/mol. The second-order valence-corrected chi connectivity index (χ2v) is 5.43. The highest BCUT2D eigenvalue weighted by Crippen LogP contribution is 2.16. The van der Waals surface area contributed by atoms with Gasteiger partial charge < -0.3 is 15.0 Å². The van der Waals surface area contributed by atoms with E-state index in [-0.39, 0.29) is 5.54 Å². The minimum Gasteiger partial charge on any atom is -0.379 e. The maximum atomic E-state index is 5.43. The van der Waals surface area contributed by atoms with Crippen molar-refractivity contribution in [2.45, 2.75) is 18.9 Å². The van der Waals surface area contributed by atoms with Crippen LogP contribution in [0.1, 0.15) is 13.3 Å². The summed E-state index contributed by atoms with van der Waals surface area (Å²) in [6, 6.07) is 0. The van der Waals surface area contributed by atoms with Gasteiger partial charge in [-0.1, -0.05) is 0 Å². The molecule has 0 bridgehead atoms. The van der Waals surface area contributed by atoms with Gasteiger partial charge in [-0.2, -0.15) is 0 Å². The largest absolute Gasteiger partial charge is 0.379 e. The Labute approximate surface area is 98.9 Å². The molecule has 0 amide bonds.